The maximum absolute atomic E-state index is 12.7. The molecule has 0 aliphatic rings. The summed E-state index contributed by atoms with van der Waals surface area (Å²) in [6, 6.07) is 16.2. The molecule has 3 heteroatoms. The van der Waals surface area contributed by atoms with Crippen molar-refractivity contribution in [3.05, 3.63) is 65.2 Å². The first-order chi connectivity index (χ1) is 11.9. The predicted octanol–water partition coefficient (Wildman–Crippen LogP) is 4.97. The first-order valence-electron chi connectivity index (χ1n) is 9.08. The van der Waals surface area contributed by atoms with Crippen molar-refractivity contribution in [2.24, 2.45) is 0 Å². The number of rotatable bonds is 7. The molecule has 0 aliphatic heterocycles. The Labute approximate surface area is 152 Å². The summed E-state index contributed by atoms with van der Waals surface area (Å²) in [4.78, 5) is 14.8. The van der Waals surface area contributed by atoms with E-state index in [2.05, 4.69) is 49.2 Å². The van der Waals surface area contributed by atoms with Crippen LogP contribution in [0.3, 0.4) is 0 Å². The summed E-state index contributed by atoms with van der Waals surface area (Å²) in [7, 11) is 2.00. The summed E-state index contributed by atoms with van der Waals surface area (Å²) in [6.45, 7) is 9.19. The van der Waals surface area contributed by atoms with E-state index in [9.17, 15) is 4.79 Å². The Morgan fingerprint density at radius 2 is 1.72 bits per heavy atom. The molecule has 0 aliphatic carbocycles. The summed E-state index contributed by atoms with van der Waals surface area (Å²) < 4.78 is 0. The predicted molar refractivity (Wildman–Crippen MR) is 106 cm³/mol. The van der Waals surface area contributed by atoms with Crippen LogP contribution in [0.15, 0.2) is 48.5 Å². The van der Waals surface area contributed by atoms with Crippen LogP contribution in [0.4, 0.5) is 5.69 Å². The van der Waals surface area contributed by atoms with E-state index >= 15 is 0 Å². The summed E-state index contributed by atoms with van der Waals surface area (Å²) >= 11 is 0. The van der Waals surface area contributed by atoms with Gasteiger partial charge in [-0.1, -0.05) is 56.3 Å². The van der Waals surface area contributed by atoms with Crippen LogP contribution in [0.25, 0.3) is 0 Å². The number of carbonyl (C=O) groups is 1. The lowest BCUT2D eigenvalue weighted by Gasteiger charge is -2.25. The second-order valence-corrected chi connectivity index (χ2v) is 6.90. The van der Waals surface area contributed by atoms with Crippen LogP contribution >= 0.6 is 0 Å². The van der Waals surface area contributed by atoms with Crippen LogP contribution in [0.1, 0.15) is 49.8 Å². The maximum Gasteiger partial charge on any atom is 0.241 e. The molecule has 0 unspecified atom stereocenters. The van der Waals surface area contributed by atoms with E-state index in [4.69, 9.17) is 0 Å². The average Bonchev–Trinajstić information content (AvgIpc) is 2.62. The molecule has 3 nitrogen and oxygen atoms in total. The molecular weight excluding hydrogens is 308 g/mol. The van der Waals surface area contributed by atoms with Crippen molar-refractivity contribution in [1.82, 2.24) is 4.90 Å². The summed E-state index contributed by atoms with van der Waals surface area (Å²) in [5.41, 5.74) is 4.64. The highest BCUT2D eigenvalue weighted by Gasteiger charge is 2.20. The molecule has 134 valence electrons. The number of amides is 1. The third-order valence-corrected chi connectivity index (χ3v) is 5.08. The van der Waals surface area contributed by atoms with E-state index in [1.165, 1.54) is 16.7 Å². The van der Waals surface area contributed by atoms with E-state index in [0.29, 0.717) is 5.92 Å². The molecule has 0 saturated carbocycles. The van der Waals surface area contributed by atoms with Crippen molar-refractivity contribution >= 4 is 11.6 Å². The molecule has 2 aromatic rings. The monoisotopic (exact) mass is 338 g/mol. The van der Waals surface area contributed by atoms with Crippen molar-refractivity contribution < 1.29 is 4.79 Å². The lowest BCUT2D eigenvalue weighted by atomic mass is 9.97. The minimum atomic E-state index is -0.204. The first-order valence-corrected chi connectivity index (χ1v) is 9.08. The zero-order valence-corrected chi connectivity index (χ0v) is 16.0. The molecule has 1 amide bonds. The third kappa shape index (κ3) is 4.93. The fourth-order valence-electron chi connectivity index (χ4n) is 2.89. The van der Waals surface area contributed by atoms with Gasteiger partial charge < -0.3 is 5.32 Å². The lowest BCUT2D eigenvalue weighted by molar-refractivity contribution is -0.120. The Morgan fingerprint density at radius 3 is 2.40 bits per heavy atom. The van der Waals surface area contributed by atoms with Gasteiger partial charge in [0.25, 0.3) is 0 Å². The zero-order valence-electron chi connectivity index (χ0n) is 16.0. The number of hydrogen-bond donors (Lipinski definition) is 1. The average molecular weight is 338 g/mol. The van der Waals surface area contributed by atoms with Crippen LogP contribution < -0.4 is 5.32 Å². The van der Waals surface area contributed by atoms with Crippen LogP contribution in [0.2, 0.25) is 0 Å². The molecule has 1 N–H and O–H groups in total. The standard InChI is InChI=1S/C22H30N2O/c1-6-16(2)20-13-9-10-14-21(20)23-22(25)18(4)24(5)15-19-12-8-7-11-17(19)3/h7-14,16,18H,6,15H2,1-5H3,(H,23,25)/t16-,18-/m1/s1. The van der Waals surface area contributed by atoms with Gasteiger partial charge in [-0.25, -0.2) is 0 Å². The number of nitrogens with one attached hydrogen (secondary N) is 1. The van der Waals surface area contributed by atoms with Crippen molar-refractivity contribution in [2.75, 3.05) is 12.4 Å². The molecular formula is C22H30N2O. The molecule has 2 aromatic carbocycles. The minimum absolute atomic E-state index is 0.0341. The normalized spacial score (nSPS) is 13.5. The number of hydrogen-bond acceptors (Lipinski definition) is 2. The molecule has 0 spiro atoms. The van der Waals surface area contributed by atoms with Crippen LogP contribution in [0, 0.1) is 6.92 Å². The Balaban J connectivity index is 2.07. The van der Waals surface area contributed by atoms with E-state index in [0.717, 1.165) is 18.7 Å². The first kappa shape index (κ1) is 19.2. The van der Waals surface area contributed by atoms with Gasteiger partial charge in [0.1, 0.15) is 0 Å². The molecule has 0 saturated heterocycles. The Kier molecular flexibility index (Phi) is 6.77. The topological polar surface area (TPSA) is 32.3 Å². The van der Waals surface area contributed by atoms with Crippen molar-refractivity contribution in [2.45, 2.75) is 52.6 Å². The molecule has 0 radical (unpaired) electrons. The van der Waals surface area contributed by atoms with E-state index < -0.39 is 0 Å². The van der Waals surface area contributed by atoms with Crippen molar-refractivity contribution in [1.29, 1.82) is 0 Å². The molecule has 0 heterocycles. The van der Waals surface area contributed by atoms with Gasteiger partial charge >= 0.3 is 0 Å². The molecule has 25 heavy (non-hydrogen) atoms. The van der Waals surface area contributed by atoms with Gasteiger partial charge in [0.15, 0.2) is 0 Å². The van der Waals surface area contributed by atoms with Crippen molar-refractivity contribution in [3.63, 3.8) is 0 Å². The van der Waals surface area contributed by atoms with Gasteiger partial charge in [-0.05, 0) is 56.0 Å². The molecule has 0 aromatic heterocycles. The van der Waals surface area contributed by atoms with Gasteiger partial charge in [-0.15, -0.1) is 0 Å². The fourth-order valence-corrected chi connectivity index (χ4v) is 2.89. The Hall–Kier alpha value is -2.13. The number of benzene rings is 2. The van der Waals surface area contributed by atoms with E-state index in [1.54, 1.807) is 0 Å². The van der Waals surface area contributed by atoms with Gasteiger partial charge in [-0.3, -0.25) is 9.69 Å². The second-order valence-electron chi connectivity index (χ2n) is 6.90. The highest BCUT2D eigenvalue weighted by Crippen LogP contribution is 2.26. The van der Waals surface area contributed by atoms with Crippen LogP contribution in [0.5, 0.6) is 0 Å². The number of anilines is 1. The largest absolute Gasteiger partial charge is 0.324 e. The van der Waals surface area contributed by atoms with Crippen LogP contribution in [-0.4, -0.2) is 23.9 Å². The Bertz CT molecular complexity index is 711. The van der Waals surface area contributed by atoms with Crippen LogP contribution in [-0.2, 0) is 11.3 Å². The number of likely N-dealkylation sites (N-methyl/N-ethyl adjacent to an activating group) is 1. The number of aryl methyl sites for hydroxylation is 1. The maximum atomic E-state index is 12.7. The Morgan fingerprint density at radius 1 is 1.08 bits per heavy atom. The molecule has 0 fully saturated rings. The highest BCUT2D eigenvalue weighted by molar-refractivity contribution is 5.95. The lowest BCUT2D eigenvalue weighted by Crippen LogP contribution is -2.39. The van der Waals surface area contributed by atoms with Gasteiger partial charge in [0.05, 0.1) is 6.04 Å². The van der Waals surface area contributed by atoms with E-state index in [1.807, 2.05) is 44.3 Å². The molecule has 0 bridgehead atoms. The van der Waals surface area contributed by atoms with E-state index in [-0.39, 0.29) is 11.9 Å². The number of carbonyl (C=O) groups excluding carboxylic acids is 1. The number of para-hydroxylation sites is 1. The molecule has 2 atom stereocenters. The quantitative estimate of drug-likeness (QED) is 0.773. The second kappa shape index (κ2) is 8.82. The summed E-state index contributed by atoms with van der Waals surface area (Å²) in [5, 5.41) is 3.13. The third-order valence-electron chi connectivity index (χ3n) is 5.08. The highest BCUT2D eigenvalue weighted by atomic mass is 16.2. The van der Waals surface area contributed by atoms with Gasteiger partial charge in [-0.2, -0.15) is 0 Å². The number of nitrogens with zero attached hydrogens (tertiary/aromatic N) is 1. The van der Waals surface area contributed by atoms with Gasteiger partial charge in [0.2, 0.25) is 5.91 Å². The van der Waals surface area contributed by atoms with Crippen molar-refractivity contribution in [3.8, 4) is 0 Å². The smallest absolute Gasteiger partial charge is 0.241 e. The summed E-state index contributed by atoms with van der Waals surface area (Å²) in [5.74, 6) is 0.461. The SMILES string of the molecule is CC[C@@H](C)c1ccccc1NC(=O)[C@@H](C)N(C)Cc1ccccc1C. The summed E-state index contributed by atoms with van der Waals surface area (Å²) in [6.07, 6.45) is 1.05. The van der Waals surface area contributed by atoms with Gasteiger partial charge in [0, 0.05) is 12.2 Å². The minimum Gasteiger partial charge on any atom is -0.324 e. The fraction of sp³-hybridized carbons (Fsp3) is 0.409. The zero-order chi connectivity index (χ0) is 18.4. The molecule has 2 rings (SSSR count).